The number of hydrogen-bond donors (Lipinski definition) is 0. The Hall–Kier alpha value is -2.76. The summed E-state index contributed by atoms with van der Waals surface area (Å²) in [4.78, 5) is 35.1. The molecule has 0 fully saturated rings. The second-order valence-corrected chi connectivity index (χ2v) is 5.13. The van der Waals surface area contributed by atoms with Crippen LogP contribution < -0.4 is 5.56 Å². The molecule has 0 N–H and O–H groups in total. The van der Waals surface area contributed by atoms with Crippen LogP contribution in [0.2, 0.25) is 0 Å². The second-order valence-electron chi connectivity index (χ2n) is 5.13. The van der Waals surface area contributed by atoms with Crippen molar-refractivity contribution in [3.05, 3.63) is 63.6 Å². The molecule has 1 heterocycles. The van der Waals surface area contributed by atoms with Crippen LogP contribution in [0.4, 0.5) is 0 Å². The Morgan fingerprint density at radius 3 is 2.43 bits per heavy atom. The Morgan fingerprint density at radius 2 is 1.83 bits per heavy atom. The van der Waals surface area contributed by atoms with Crippen LogP contribution in [-0.4, -0.2) is 28.1 Å². The topological polar surface area (TPSA) is 78.3 Å². The lowest BCUT2D eigenvalue weighted by molar-refractivity contribution is 0.0466. The number of esters is 1. The summed E-state index contributed by atoms with van der Waals surface area (Å²) < 4.78 is 5.98. The van der Waals surface area contributed by atoms with Crippen LogP contribution in [0.3, 0.4) is 0 Å². The lowest BCUT2D eigenvalue weighted by Gasteiger charge is -2.05. The van der Waals surface area contributed by atoms with E-state index >= 15 is 0 Å². The summed E-state index contributed by atoms with van der Waals surface area (Å²) >= 11 is 0. The molecule has 0 aliphatic heterocycles. The van der Waals surface area contributed by atoms with Gasteiger partial charge in [-0.25, -0.2) is 9.48 Å². The fraction of sp³-hybridized carbons (Fsp3) is 0.294. The lowest BCUT2D eigenvalue weighted by Crippen LogP contribution is -2.23. The SMILES string of the molecule is CCCc1ccc(C(=O)COC(=O)c2ccc(=O)n(C)n2)cc1. The first-order valence-corrected chi connectivity index (χ1v) is 7.35. The summed E-state index contributed by atoms with van der Waals surface area (Å²) in [6.07, 6.45) is 2.00. The van der Waals surface area contributed by atoms with Crippen LogP contribution in [0, 0.1) is 0 Å². The zero-order chi connectivity index (χ0) is 16.8. The number of ketones is 1. The quantitative estimate of drug-likeness (QED) is 0.600. The molecular weight excluding hydrogens is 296 g/mol. The Kier molecular flexibility index (Phi) is 5.41. The maximum atomic E-state index is 12.0. The molecule has 0 aliphatic rings. The second kappa shape index (κ2) is 7.49. The molecule has 0 saturated carbocycles. The van der Waals surface area contributed by atoms with Crippen LogP contribution in [0.5, 0.6) is 0 Å². The standard InChI is InChI=1S/C17H18N2O4/c1-3-4-12-5-7-13(8-6-12)15(20)11-23-17(22)14-9-10-16(21)19(2)18-14/h5-10H,3-4,11H2,1-2H3. The van der Waals surface area contributed by atoms with Crippen molar-refractivity contribution < 1.29 is 14.3 Å². The Labute approximate surface area is 133 Å². The molecule has 0 bridgehead atoms. The fourth-order valence-electron chi connectivity index (χ4n) is 2.05. The Bertz CT molecular complexity index is 763. The molecule has 0 radical (unpaired) electrons. The van der Waals surface area contributed by atoms with E-state index in [4.69, 9.17) is 4.74 Å². The molecule has 6 heteroatoms. The zero-order valence-electron chi connectivity index (χ0n) is 13.1. The van der Waals surface area contributed by atoms with Crippen molar-refractivity contribution in [2.45, 2.75) is 19.8 Å². The molecule has 1 aromatic heterocycles. The number of aryl methyl sites for hydroxylation is 2. The maximum absolute atomic E-state index is 12.0. The Morgan fingerprint density at radius 1 is 1.13 bits per heavy atom. The zero-order valence-corrected chi connectivity index (χ0v) is 13.1. The lowest BCUT2D eigenvalue weighted by atomic mass is 10.1. The average Bonchev–Trinajstić information content (AvgIpc) is 2.56. The molecule has 1 aromatic carbocycles. The van der Waals surface area contributed by atoms with E-state index in [0.29, 0.717) is 5.56 Å². The maximum Gasteiger partial charge on any atom is 0.359 e. The highest BCUT2D eigenvalue weighted by Crippen LogP contribution is 2.08. The third kappa shape index (κ3) is 4.35. The van der Waals surface area contributed by atoms with Gasteiger partial charge in [0.05, 0.1) is 0 Å². The van der Waals surface area contributed by atoms with Gasteiger partial charge in [0.15, 0.2) is 18.1 Å². The van der Waals surface area contributed by atoms with Crippen LogP contribution >= 0.6 is 0 Å². The van der Waals surface area contributed by atoms with Gasteiger partial charge in [0.2, 0.25) is 0 Å². The third-order valence-electron chi connectivity index (χ3n) is 3.32. The predicted octanol–water partition coefficient (Wildman–Crippen LogP) is 1.77. The van der Waals surface area contributed by atoms with E-state index in [9.17, 15) is 14.4 Å². The number of ether oxygens (including phenoxy) is 1. The van der Waals surface area contributed by atoms with Crippen molar-refractivity contribution in [1.29, 1.82) is 0 Å². The molecule has 0 saturated heterocycles. The highest BCUT2D eigenvalue weighted by Gasteiger charge is 2.13. The van der Waals surface area contributed by atoms with Crippen molar-refractivity contribution in [1.82, 2.24) is 9.78 Å². The molecule has 0 spiro atoms. The predicted molar refractivity (Wildman–Crippen MR) is 84.5 cm³/mol. The first kappa shape index (κ1) is 16.6. The van der Waals surface area contributed by atoms with Crippen molar-refractivity contribution >= 4 is 11.8 Å². The molecule has 2 rings (SSSR count). The largest absolute Gasteiger partial charge is 0.453 e. The first-order chi connectivity index (χ1) is 11.0. The van der Waals surface area contributed by atoms with Gasteiger partial charge >= 0.3 is 5.97 Å². The summed E-state index contributed by atoms with van der Waals surface area (Å²) in [5.41, 5.74) is 1.31. The average molecular weight is 314 g/mol. The molecule has 2 aromatic rings. The minimum Gasteiger partial charge on any atom is -0.453 e. The number of benzene rings is 1. The van der Waals surface area contributed by atoms with Gasteiger partial charge in [0.25, 0.3) is 5.56 Å². The van der Waals surface area contributed by atoms with Gasteiger partial charge in [0, 0.05) is 18.7 Å². The molecule has 0 amide bonds. The summed E-state index contributed by atoms with van der Waals surface area (Å²) in [6.45, 7) is 1.72. The normalized spacial score (nSPS) is 10.3. The highest BCUT2D eigenvalue weighted by molar-refractivity contribution is 5.99. The number of rotatable bonds is 6. The van der Waals surface area contributed by atoms with E-state index in [-0.39, 0.29) is 23.6 Å². The van der Waals surface area contributed by atoms with Crippen molar-refractivity contribution in [3.63, 3.8) is 0 Å². The van der Waals surface area contributed by atoms with Crippen molar-refractivity contribution in [2.24, 2.45) is 7.05 Å². The highest BCUT2D eigenvalue weighted by atomic mass is 16.5. The smallest absolute Gasteiger partial charge is 0.359 e. The molecule has 0 unspecified atom stereocenters. The van der Waals surface area contributed by atoms with E-state index in [1.165, 1.54) is 19.2 Å². The van der Waals surface area contributed by atoms with E-state index in [0.717, 1.165) is 23.1 Å². The summed E-state index contributed by atoms with van der Waals surface area (Å²) in [5.74, 6) is -1.03. The molecular formula is C17H18N2O4. The van der Waals surface area contributed by atoms with Crippen LogP contribution in [0.25, 0.3) is 0 Å². The van der Waals surface area contributed by atoms with Crippen LogP contribution in [0.15, 0.2) is 41.2 Å². The molecule has 0 aliphatic carbocycles. The summed E-state index contributed by atoms with van der Waals surface area (Å²) in [5, 5.41) is 3.77. The van der Waals surface area contributed by atoms with Gasteiger partial charge in [-0.3, -0.25) is 9.59 Å². The monoisotopic (exact) mass is 314 g/mol. The van der Waals surface area contributed by atoms with E-state index in [1.54, 1.807) is 12.1 Å². The van der Waals surface area contributed by atoms with Gasteiger partial charge in [-0.2, -0.15) is 5.10 Å². The number of Topliss-reactive ketones (excluding diaryl/α,β-unsaturated/α-hetero) is 1. The Balaban J connectivity index is 1.96. The number of nitrogens with zero attached hydrogens (tertiary/aromatic N) is 2. The number of carbonyl (C=O) groups excluding carboxylic acids is 2. The van der Waals surface area contributed by atoms with Crippen molar-refractivity contribution in [2.75, 3.05) is 6.61 Å². The van der Waals surface area contributed by atoms with Crippen LogP contribution in [0.1, 0.15) is 39.8 Å². The molecule has 23 heavy (non-hydrogen) atoms. The minimum absolute atomic E-state index is 0.0156. The number of carbonyl (C=O) groups is 2. The first-order valence-electron chi connectivity index (χ1n) is 7.35. The van der Waals surface area contributed by atoms with E-state index in [2.05, 4.69) is 12.0 Å². The van der Waals surface area contributed by atoms with Gasteiger partial charge < -0.3 is 4.74 Å². The van der Waals surface area contributed by atoms with E-state index < -0.39 is 5.97 Å². The molecule has 6 nitrogen and oxygen atoms in total. The van der Waals surface area contributed by atoms with Crippen molar-refractivity contribution in [3.8, 4) is 0 Å². The summed E-state index contributed by atoms with van der Waals surface area (Å²) in [6, 6.07) is 9.74. The van der Waals surface area contributed by atoms with Gasteiger partial charge in [-0.1, -0.05) is 37.6 Å². The van der Waals surface area contributed by atoms with Gasteiger partial charge in [-0.15, -0.1) is 0 Å². The van der Waals surface area contributed by atoms with Gasteiger partial charge in [0.1, 0.15) is 0 Å². The fourth-order valence-corrected chi connectivity index (χ4v) is 2.05. The number of hydrogen-bond acceptors (Lipinski definition) is 5. The minimum atomic E-state index is -0.739. The molecule has 120 valence electrons. The van der Waals surface area contributed by atoms with E-state index in [1.807, 2.05) is 12.1 Å². The van der Waals surface area contributed by atoms with Gasteiger partial charge in [-0.05, 0) is 18.1 Å². The molecule has 0 atom stereocenters. The number of aromatic nitrogens is 2. The van der Waals surface area contributed by atoms with Crippen LogP contribution in [-0.2, 0) is 18.2 Å². The summed E-state index contributed by atoms with van der Waals surface area (Å²) in [7, 11) is 1.43. The third-order valence-corrected chi connectivity index (χ3v) is 3.32.